The van der Waals surface area contributed by atoms with Crippen LogP contribution in [0.4, 0.5) is 0 Å². The van der Waals surface area contributed by atoms with E-state index >= 15 is 0 Å². The van der Waals surface area contributed by atoms with E-state index in [1.165, 1.54) is 11.1 Å². The zero-order valence-corrected chi connectivity index (χ0v) is 20.9. The predicted molar refractivity (Wildman–Crippen MR) is 131 cm³/mol. The quantitative estimate of drug-likeness (QED) is 0.479. The van der Waals surface area contributed by atoms with Gasteiger partial charge in [-0.15, -0.1) is 0 Å². The normalized spacial score (nSPS) is 14.3. The third-order valence-corrected chi connectivity index (χ3v) is 6.89. The van der Waals surface area contributed by atoms with Gasteiger partial charge >= 0.3 is 0 Å². The van der Waals surface area contributed by atoms with Crippen LogP contribution in [0.3, 0.4) is 0 Å². The van der Waals surface area contributed by atoms with E-state index < -0.39 is 12.2 Å². The molecule has 0 spiro atoms. The van der Waals surface area contributed by atoms with Crippen molar-refractivity contribution in [3.05, 3.63) is 64.2 Å². The Morgan fingerprint density at radius 2 is 1.44 bits per heavy atom. The molecule has 4 heteroatoms. The molecule has 0 bridgehead atoms. The van der Waals surface area contributed by atoms with Crippen molar-refractivity contribution in [2.24, 2.45) is 5.41 Å². The van der Waals surface area contributed by atoms with Crippen LogP contribution < -0.4 is 4.74 Å². The van der Waals surface area contributed by atoms with Crippen LogP contribution >= 0.6 is 0 Å². The van der Waals surface area contributed by atoms with E-state index in [-0.39, 0.29) is 24.0 Å². The lowest BCUT2D eigenvalue weighted by Gasteiger charge is -2.34. The molecule has 0 aliphatic carbocycles. The minimum atomic E-state index is -0.728. The van der Waals surface area contributed by atoms with E-state index in [1.54, 1.807) is 0 Å². The van der Waals surface area contributed by atoms with E-state index in [0.717, 1.165) is 35.3 Å². The first kappa shape index (κ1) is 26.4. The summed E-state index contributed by atoms with van der Waals surface area (Å²) in [5, 5.41) is 29.3. The first-order valence-electron chi connectivity index (χ1n) is 11.8. The molecule has 0 aliphatic heterocycles. The maximum atomic E-state index is 10.3. The van der Waals surface area contributed by atoms with Crippen LogP contribution in [0, 0.1) is 19.3 Å². The zero-order chi connectivity index (χ0) is 24.1. The number of hydrogen-bond acceptors (Lipinski definition) is 4. The largest absolute Gasteiger partial charge is 0.491 e. The Balaban J connectivity index is 2.35. The molecule has 178 valence electrons. The fourth-order valence-corrected chi connectivity index (χ4v) is 4.30. The zero-order valence-electron chi connectivity index (χ0n) is 20.9. The summed E-state index contributed by atoms with van der Waals surface area (Å²) in [6.07, 6.45) is 1.12. The van der Waals surface area contributed by atoms with Gasteiger partial charge in [0.1, 0.15) is 12.4 Å². The first-order chi connectivity index (χ1) is 15.0. The number of ether oxygens (including phenoxy) is 1. The van der Waals surface area contributed by atoms with E-state index in [0.29, 0.717) is 6.42 Å². The Labute approximate surface area is 194 Å². The van der Waals surface area contributed by atoms with Crippen LogP contribution in [0.1, 0.15) is 75.3 Å². The number of aryl methyl sites for hydroxylation is 2. The molecule has 2 rings (SSSR count). The molecule has 3 N–H and O–H groups in total. The maximum absolute atomic E-state index is 10.3. The van der Waals surface area contributed by atoms with Crippen LogP contribution in [-0.4, -0.2) is 40.7 Å². The molecule has 32 heavy (non-hydrogen) atoms. The standard InChI is InChI=1S/C28H42O4/c1-8-28(9-2,22-11-10-21(19(3)14-22)16-24(30)17-29)23-12-13-25(20(4)15-23)32-18-26(31)27(5,6)7/h10-15,24,26,29-31H,8-9,16-18H2,1-7H3/t24-,26+/m1/s1. The van der Waals surface area contributed by atoms with Gasteiger partial charge in [0.15, 0.2) is 0 Å². The van der Waals surface area contributed by atoms with Crippen molar-refractivity contribution in [2.45, 2.75) is 85.4 Å². The highest BCUT2D eigenvalue weighted by atomic mass is 16.5. The summed E-state index contributed by atoms with van der Waals surface area (Å²) >= 11 is 0. The maximum Gasteiger partial charge on any atom is 0.122 e. The van der Waals surface area contributed by atoms with Gasteiger partial charge in [0.05, 0.1) is 18.8 Å². The Morgan fingerprint density at radius 3 is 1.91 bits per heavy atom. The lowest BCUT2D eigenvalue weighted by molar-refractivity contribution is 0.0216. The summed E-state index contributed by atoms with van der Waals surface area (Å²) in [6.45, 7) is 14.6. The van der Waals surface area contributed by atoms with Gasteiger partial charge in [-0.2, -0.15) is 0 Å². The smallest absolute Gasteiger partial charge is 0.122 e. The van der Waals surface area contributed by atoms with E-state index in [1.807, 2.05) is 26.8 Å². The van der Waals surface area contributed by atoms with Gasteiger partial charge in [0, 0.05) is 11.8 Å². The average molecular weight is 443 g/mol. The second kappa shape index (κ2) is 10.8. The highest BCUT2D eigenvalue weighted by Gasteiger charge is 2.31. The molecule has 2 aromatic rings. The molecule has 4 nitrogen and oxygen atoms in total. The topological polar surface area (TPSA) is 69.9 Å². The van der Waals surface area contributed by atoms with Crippen LogP contribution in [0.15, 0.2) is 36.4 Å². The molecule has 0 unspecified atom stereocenters. The molecular formula is C28H42O4. The van der Waals surface area contributed by atoms with Gasteiger partial charge in [-0.1, -0.05) is 65.0 Å². The van der Waals surface area contributed by atoms with Crippen LogP contribution in [0.5, 0.6) is 5.75 Å². The summed E-state index contributed by atoms with van der Waals surface area (Å²) < 4.78 is 5.95. The van der Waals surface area contributed by atoms with Crippen LogP contribution in [-0.2, 0) is 11.8 Å². The minimum Gasteiger partial charge on any atom is -0.491 e. The summed E-state index contributed by atoms with van der Waals surface area (Å²) in [7, 11) is 0. The summed E-state index contributed by atoms with van der Waals surface area (Å²) in [6, 6.07) is 12.9. The summed E-state index contributed by atoms with van der Waals surface area (Å²) in [5.74, 6) is 0.808. The lowest BCUT2D eigenvalue weighted by atomic mass is 9.69. The second-order valence-electron chi connectivity index (χ2n) is 10.1. The number of aliphatic hydroxyl groups excluding tert-OH is 3. The van der Waals surface area contributed by atoms with Gasteiger partial charge in [0.2, 0.25) is 0 Å². The Bertz CT molecular complexity index is 877. The molecule has 0 aromatic heterocycles. The van der Waals surface area contributed by atoms with Crippen molar-refractivity contribution in [1.82, 2.24) is 0 Å². The van der Waals surface area contributed by atoms with Crippen molar-refractivity contribution in [3.63, 3.8) is 0 Å². The first-order valence-corrected chi connectivity index (χ1v) is 11.8. The second-order valence-corrected chi connectivity index (χ2v) is 10.1. The van der Waals surface area contributed by atoms with Gasteiger partial charge in [-0.3, -0.25) is 0 Å². The summed E-state index contributed by atoms with van der Waals surface area (Å²) in [4.78, 5) is 0. The molecule has 0 saturated carbocycles. The summed E-state index contributed by atoms with van der Waals surface area (Å²) in [5.41, 5.74) is 5.44. The molecule has 0 amide bonds. The highest BCUT2D eigenvalue weighted by Crippen LogP contribution is 2.41. The van der Waals surface area contributed by atoms with Crippen molar-refractivity contribution in [3.8, 4) is 5.75 Å². The van der Waals surface area contributed by atoms with Gasteiger partial charge < -0.3 is 20.1 Å². The number of aliphatic hydroxyl groups is 3. The SMILES string of the molecule is CCC(CC)(c1ccc(C[C@@H](O)CO)c(C)c1)c1ccc(OC[C@H](O)C(C)(C)C)c(C)c1. The molecule has 0 aliphatic rings. The third-order valence-electron chi connectivity index (χ3n) is 6.89. The number of hydrogen-bond donors (Lipinski definition) is 3. The Kier molecular flexibility index (Phi) is 8.92. The van der Waals surface area contributed by atoms with Crippen molar-refractivity contribution in [2.75, 3.05) is 13.2 Å². The third kappa shape index (κ3) is 5.92. The highest BCUT2D eigenvalue weighted by molar-refractivity contribution is 5.47. The molecule has 0 fully saturated rings. The predicted octanol–water partition coefficient (Wildman–Crippen LogP) is 5.09. The van der Waals surface area contributed by atoms with Gasteiger partial charge in [0.25, 0.3) is 0 Å². The lowest BCUT2D eigenvalue weighted by Crippen LogP contribution is -2.32. The minimum absolute atomic E-state index is 0.118. The van der Waals surface area contributed by atoms with Crippen LogP contribution in [0.25, 0.3) is 0 Å². The van der Waals surface area contributed by atoms with Crippen molar-refractivity contribution >= 4 is 0 Å². The van der Waals surface area contributed by atoms with E-state index in [2.05, 4.69) is 58.0 Å². The van der Waals surface area contributed by atoms with Gasteiger partial charge in [-0.05, 0) is 66.0 Å². The monoisotopic (exact) mass is 442 g/mol. The number of benzene rings is 2. The molecule has 0 saturated heterocycles. The fraction of sp³-hybridized carbons (Fsp3) is 0.571. The Morgan fingerprint density at radius 1 is 0.875 bits per heavy atom. The van der Waals surface area contributed by atoms with Crippen LogP contribution in [0.2, 0.25) is 0 Å². The Hall–Kier alpha value is -1.88. The molecular weight excluding hydrogens is 400 g/mol. The average Bonchev–Trinajstić information content (AvgIpc) is 2.75. The number of rotatable bonds is 10. The van der Waals surface area contributed by atoms with Crippen molar-refractivity contribution in [1.29, 1.82) is 0 Å². The molecule has 2 atom stereocenters. The molecule has 2 aromatic carbocycles. The molecule has 0 radical (unpaired) electrons. The van der Waals surface area contributed by atoms with E-state index in [4.69, 9.17) is 4.74 Å². The van der Waals surface area contributed by atoms with E-state index in [9.17, 15) is 15.3 Å². The fourth-order valence-electron chi connectivity index (χ4n) is 4.30. The van der Waals surface area contributed by atoms with Crippen molar-refractivity contribution < 1.29 is 20.1 Å². The van der Waals surface area contributed by atoms with Gasteiger partial charge in [-0.25, -0.2) is 0 Å². The molecule has 0 heterocycles.